The Bertz CT molecular complexity index is 302. The summed E-state index contributed by atoms with van der Waals surface area (Å²) < 4.78 is 5.09. The molecule has 5 heteroatoms. The number of carbonyl (C=O) groups is 2. The highest BCUT2D eigenvalue weighted by Gasteiger charge is 2.26. The Balaban J connectivity index is 4.50. The molecule has 0 spiro atoms. The summed E-state index contributed by atoms with van der Waals surface area (Å²) in [5.74, 6) is -1.28. The van der Waals surface area contributed by atoms with E-state index in [9.17, 15) is 9.59 Å². The molecule has 0 radical (unpaired) electrons. The molecule has 5 nitrogen and oxygen atoms in total. The van der Waals surface area contributed by atoms with Gasteiger partial charge in [-0.1, -0.05) is 33.3 Å². The van der Waals surface area contributed by atoms with Gasteiger partial charge in [-0.3, -0.25) is 4.79 Å². The number of hydrogen-bond donors (Lipinski definition) is 2. The summed E-state index contributed by atoms with van der Waals surface area (Å²) in [6.07, 6.45) is 3.18. The van der Waals surface area contributed by atoms with Crippen molar-refractivity contribution in [3.63, 3.8) is 0 Å². The van der Waals surface area contributed by atoms with Crippen molar-refractivity contribution in [2.24, 2.45) is 11.8 Å². The number of nitrogens with one attached hydrogen (secondary N) is 1. The van der Waals surface area contributed by atoms with Gasteiger partial charge in [0, 0.05) is 5.92 Å². The second-order valence-electron chi connectivity index (χ2n) is 4.86. The van der Waals surface area contributed by atoms with Crippen LogP contribution in [0.4, 0.5) is 0 Å². The van der Waals surface area contributed by atoms with Crippen LogP contribution in [0.25, 0.3) is 0 Å². The predicted molar refractivity (Wildman–Crippen MR) is 73.8 cm³/mol. The zero-order valence-electron chi connectivity index (χ0n) is 12.0. The zero-order chi connectivity index (χ0) is 14.8. The molecule has 2 atom stereocenters. The van der Waals surface area contributed by atoms with E-state index in [4.69, 9.17) is 9.84 Å². The molecule has 0 aliphatic rings. The van der Waals surface area contributed by atoms with Crippen LogP contribution in [-0.4, -0.2) is 36.2 Å². The molecule has 0 aliphatic heterocycles. The highest BCUT2D eigenvalue weighted by molar-refractivity contribution is 5.85. The van der Waals surface area contributed by atoms with Crippen molar-refractivity contribution >= 4 is 11.9 Å². The SMILES string of the molecule is C=CCOCC(NC(=O)C(CCC)C(C)C)C(=O)O. The molecule has 0 rings (SSSR count). The number of carboxylic acids is 1. The Morgan fingerprint density at radius 3 is 2.47 bits per heavy atom. The molecule has 0 heterocycles. The smallest absolute Gasteiger partial charge is 0.328 e. The average molecular weight is 271 g/mol. The van der Waals surface area contributed by atoms with Crippen LogP contribution in [0.3, 0.4) is 0 Å². The second kappa shape index (κ2) is 9.55. The number of rotatable bonds is 10. The van der Waals surface area contributed by atoms with E-state index in [0.29, 0.717) is 0 Å². The number of hydrogen-bond acceptors (Lipinski definition) is 3. The van der Waals surface area contributed by atoms with Gasteiger partial charge in [0.25, 0.3) is 0 Å². The first-order chi connectivity index (χ1) is 8.93. The molecule has 0 bridgehead atoms. The fourth-order valence-corrected chi connectivity index (χ4v) is 1.80. The van der Waals surface area contributed by atoms with Gasteiger partial charge >= 0.3 is 5.97 Å². The molecule has 0 saturated carbocycles. The maximum absolute atomic E-state index is 12.1. The monoisotopic (exact) mass is 271 g/mol. The van der Waals surface area contributed by atoms with Gasteiger partial charge in [-0.05, 0) is 12.3 Å². The summed E-state index contributed by atoms with van der Waals surface area (Å²) in [6.45, 7) is 9.62. The average Bonchev–Trinajstić information content (AvgIpc) is 2.34. The molecule has 0 aromatic carbocycles. The maximum atomic E-state index is 12.1. The van der Waals surface area contributed by atoms with E-state index in [1.807, 2.05) is 20.8 Å². The number of carboxylic acid groups (broad SMARTS) is 1. The quantitative estimate of drug-likeness (QED) is 0.469. The van der Waals surface area contributed by atoms with Gasteiger partial charge in [0.05, 0.1) is 13.2 Å². The molecular weight excluding hydrogens is 246 g/mol. The van der Waals surface area contributed by atoms with Crippen LogP contribution < -0.4 is 5.32 Å². The van der Waals surface area contributed by atoms with E-state index in [0.717, 1.165) is 12.8 Å². The van der Waals surface area contributed by atoms with Crippen LogP contribution in [0.2, 0.25) is 0 Å². The molecular formula is C14H25NO4. The Morgan fingerprint density at radius 1 is 1.42 bits per heavy atom. The molecule has 0 aromatic heterocycles. The molecule has 1 amide bonds. The highest BCUT2D eigenvalue weighted by atomic mass is 16.5. The minimum atomic E-state index is -1.09. The second-order valence-corrected chi connectivity index (χ2v) is 4.86. The number of ether oxygens (including phenoxy) is 1. The highest BCUT2D eigenvalue weighted by Crippen LogP contribution is 2.17. The Hall–Kier alpha value is -1.36. The van der Waals surface area contributed by atoms with E-state index in [-0.39, 0.29) is 31.0 Å². The molecule has 0 aliphatic carbocycles. The van der Waals surface area contributed by atoms with Crippen molar-refractivity contribution in [2.75, 3.05) is 13.2 Å². The van der Waals surface area contributed by atoms with Gasteiger partial charge in [0.15, 0.2) is 6.04 Å². The first kappa shape index (κ1) is 17.6. The summed E-state index contributed by atoms with van der Waals surface area (Å²) >= 11 is 0. The topological polar surface area (TPSA) is 75.6 Å². The Kier molecular flexibility index (Phi) is 8.87. The lowest BCUT2D eigenvalue weighted by Gasteiger charge is -2.22. The first-order valence-corrected chi connectivity index (χ1v) is 6.65. The van der Waals surface area contributed by atoms with Gasteiger partial charge in [-0.15, -0.1) is 6.58 Å². The molecule has 0 saturated heterocycles. The molecule has 2 N–H and O–H groups in total. The van der Waals surface area contributed by atoms with Gasteiger partial charge in [0.1, 0.15) is 0 Å². The normalized spacial score (nSPS) is 13.9. The zero-order valence-corrected chi connectivity index (χ0v) is 12.0. The number of amides is 1. The van der Waals surface area contributed by atoms with Gasteiger partial charge < -0.3 is 15.2 Å². The third-order valence-electron chi connectivity index (χ3n) is 2.88. The summed E-state index contributed by atoms with van der Waals surface area (Å²) in [4.78, 5) is 23.1. The lowest BCUT2D eigenvalue weighted by atomic mass is 9.90. The van der Waals surface area contributed by atoms with Crippen molar-refractivity contribution in [3.8, 4) is 0 Å². The first-order valence-electron chi connectivity index (χ1n) is 6.65. The van der Waals surface area contributed by atoms with E-state index >= 15 is 0 Å². The fourth-order valence-electron chi connectivity index (χ4n) is 1.80. The molecule has 2 unspecified atom stereocenters. The van der Waals surface area contributed by atoms with Crippen molar-refractivity contribution in [3.05, 3.63) is 12.7 Å². The Morgan fingerprint density at radius 2 is 2.05 bits per heavy atom. The van der Waals surface area contributed by atoms with Crippen LogP contribution in [-0.2, 0) is 14.3 Å². The summed E-state index contributed by atoms with van der Waals surface area (Å²) in [5.41, 5.74) is 0. The van der Waals surface area contributed by atoms with E-state index in [1.54, 1.807) is 0 Å². The number of carbonyl (C=O) groups excluding carboxylic acids is 1. The largest absolute Gasteiger partial charge is 0.480 e. The summed E-state index contributed by atoms with van der Waals surface area (Å²) in [6, 6.07) is -1.01. The van der Waals surface area contributed by atoms with Crippen LogP contribution >= 0.6 is 0 Å². The minimum Gasteiger partial charge on any atom is -0.480 e. The number of aliphatic carboxylic acids is 1. The van der Waals surface area contributed by atoms with Gasteiger partial charge in [0.2, 0.25) is 5.91 Å². The van der Waals surface area contributed by atoms with E-state index < -0.39 is 12.0 Å². The van der Waals surface area contributed by atoms with Crippen LogP contribution in [0.15, 0.2) is 12.7 Å². The summed E-state index contributed by atoms with van der Waals surface area (Å²) in [5, 5.41) is 11.6. The fraction of sp³-hybridized carbons (Fsp3) is 0.714. The predicted octanol–water partition coefficient (Wildman–Crippen LogP) is 1.83. The van der Waals surface area contributed by atoms with Crippen LogP contribution in [0.1, 0.15) is 33.6 Å². The van der Waals surface area contributed by atoms with Crippen LogP contribution in [0.5, 0.6) is 0 Å². The van der Waals surface area contributed by atoms with Gasteiger partial charge in [-0.2, -0.15) is 0 Å². The minimum absolute atomic E-state index is 0.0516. The lowest BCUT2D eigenvalue weighted by molar-refractivity contribution is -0.144. The lowest BCUT2D eigenvalue weighted by Crippen LogP contribution is -2.47. The molecule has 110 valence electrons. The molecule has 0 aromatic rings. The third kappa shape index (κ3) is 6.96. The van der Waals surface area contributed by atoms with E-state index in [2.05, 4.69) is 11.9 Å². The van der Waals surface area contributed by atoms with Crippen molar-refractivity contribution in [1.82, 2.24) is 5.32 Å². The van der Waals surface area contributed by atoms with Gasteiger partial charge in [-0.25, -0.2) is 4.79 Å². The van der Waals surface area contributed by atoms with Crippen molar-refractivity contribution < 1.29 is 19.4 Å². The van der Waals surface area contributed by atoms with Crippen LogP contribution in [0, 0.1) is 11.8 Å². The molecule has 19 heavy (non-hydrogen) atoms. The molecule has 0 fully saturated rings. The Labute approximate surface area is 115 Å². The summed E-state index contributed by atoms with van der Waals surface area (Å²) in [7, 11) is 0. The maximum Gasteiger partial charge on any atom is 0.328 e. The van der Waals surface area contributed by atoms with E-state index in [1.165, 1.54) is 6.08 Å². The van der Waals surface area contributed by atoms with Crippen molar-refractivity contribution in [1.29, 1.82) is 0 Å². The standard InChI is InChI=1S/C14H25NO4/c1-5-7-11(10(3)4)13(16)15-12(14(17)18)9-19-8-6-2/h6,10-12H,2,5,7-9H2,1,3-4H3,(H,15,16)(H,17,18). The third-order valence-corrected chi connectivity index (χ3v) is 2.88. The van der Waals surface area contributed by atoms with Crippen molar-refractivity contribution in [2.45, 2.75) is 39.7 Å².